The molecule has 6 nitrogen and oxygen atoms in total. The fourth-order valence-corrected chi connectivity index (χ4v) is 3.07. The van der Waals surface area contributed by atoms with Crippen molar-refractivity contribution in [3.63, 3.8) is 0 Å². The van der Waals surface area contributed by atoms with Gasteiger partial charge in [0.2, 0.25) is 5.91 Å². The van der Waals surface area contributed by atoms with Gasteiger partial charge in [-0.3, -0.25) is 9.59 Å². The molecule has 0 spiro atoms. The zero-order valence-corrected chi connectivity index (χ0v) is 14.5. The summed E-state index contributed by atoms with van der Waals surface area (Å²) in [5.41, 5.74) is 2.35. The molecule has 1 aliphatic heterocycles. The molecule has 1 N–H and O–H groups in total. The Balaban J connectivity index is 1.79. The van der Waals surface area contributed by atoms with Crippen molar-refractivity contribution >= 4 is 33.2 Å². The van der Waals surface area contributed by atoms with Crippen LogP contribution in [0.2, 0.25) is 0 Å². The highest BCUT2D eigenvalue weighted by Crippen LogP contribution is 2.25. The highest BCUT2D eigenvalue weighted by atomic mass is 79.9. The van der Waals surface area contributed by atoms with Gasteiger partial charge in [-0.2, -0.15) is 5.10 Å². The van der Waals surface area contributed by atoms with Gasteiger partial charge < -0.3 is 10.2 Å². The van der Waals surface area contributed by atoms with E-state index in [1.54, 1.807) is 18.1 Å². The van der Waals surface area contributed by atoms with Crippen LogP contribution in [0.5, 0.6) is 0 Å². The Bertz CT molecular complexity index is 801. The van der Waals surface area contributed by atoms with Crippen molar-refractivity contribution in [3.05, 3.63) is 50.9 Å². The smallest absolute Gasteiger partial charge is 0.282 e. The van der Waals surface area contributed by atoms with E-state index in [-0.39, 0.29) is 17.5 Å². The summed E-state index contributed by atoms with van der Waals surface area (Å²) in [7, 11) is 1.58. The Kier molecular flexibility index (Phi) is 4.21. The Hall–Kier alpha value is -2.15. The molecule has 3 rings (SSSR count). The maximum Gasteiger partial charge on any atom is 0.282 e. The molecule has 1 saturated heterocycles. The molecule has 1 aromatic heterocycles. The maximum atomic E-state index is 12.6. The fraction of sp³-hybridized carbons (Fsp3) is 0.312. The maximum absolute atomic E-state index is 12.6. The Labute approximate surface area is 142 Å². The van der Waals surface area contributed by atoms with Crippen LogP contribution in [0.1, 0.15) is 12.0 Å². The van der Waals surface area contributed by atoms with Crippen molar-refractivity contribution in [2.24, 2.45) is 7.05 Å². The van der Waals surface area contributed by atoms with Gasteiger partial charge in [-0.1, -0.05) is 17.7 Å². The molecule has 120 valence electrons. The molecule has 0 aliphatic carbocycles. The van der Waals surface area contributed by atoms with E-state index in [2.05, 4.69) is 26.3 Å². The zero-order chi connectivity index (χ0) is 16.6. The van der Waals surface area contributed by atoms with Crippen molar-refractivity contribution in [2.75, 3.05) is 16.8 Å². The molecule has 0 saturated carbocycles. The number of aryl methyl sites for hydroxylation is 2. The summed E-state index contributed by atoms with van der Waals surface area (Å²) < 4.78 is 1.63. The van der Waals surface area contributed by atoms with Gasteiger partial charge in [0.15, 0.2) is 0 Å². The molecule has 7 heteroatoms. The van der Waals surface area contributed by atoms with Crippen LogP contribution in [0, 0.1) is 6.92 Å². The number of carbonyl (C=O) groups excluding carboxylic acids is 1. The third-order valence-corrected chi connectivity index (χ3v) is 4.73. The quantitative estimate of drug-likeness (QED) is 0.890. The lowest BCUT2D eigenvalue weighted by atomic mass is 10.2. The van der Waals surface area contributed by atoms with E-state index in [4.69, 9.17) is 0 Å². The summed E-state index contributed by atoms with van der Waals surface area (Å²) in [6, 6.07) is 7.52. The number of hydrogen-bond acceptors (Lipinski definition) is 4. The number of halogens is 1. The van der Waals surface area contributed by atoms with E-state index >= 15 is 0 Å². The first kappa shape index (κ1) is 15.7. The standard InChI is InChI=1S/C16H17BrN4O2/c1-10-3-5-11(6-4-10)21-8-7-12(15(21)22)19-13-9-18-20(2)16(23)14(13)17/h3-6,9,12,19H,7-8H2,1-2H3. The number of rotatable bonds is 3. The normalized spacial score (nSPS) is 17.6. The number of aromatic nitrogens is 2. The van der Waals surface area contributed by atoms with Crippen LogP contribution < -0.4 is 15.8 Å². The van der Waals surface area contributed by atoms with Crippen molar-refractivity contribution in [3.8, 4) is 0 Å². The number of carbonyl (C=O) groups is 1. The molecule has 1 aromatic carbocycles. The number of hydrogen-bond donors (Lipinski definition) is 1. The fourth-order valence-electron chi connectivity index (χ4n) is 2.59. The Morgan fingerprint density at radius 1 is 1.26 bits per heavy atom. The molecular formula is C16H17BrN4O2. The van der Waals surface area contributed by atoms with Crippen LogP contribution in [0.3, 0.4) is 0 Å². The number of nitrogens with zero attached hydrogens (tertiary/aromatic N) is 3. The summed E-state index contributed by atoms with van der Waals surface area (Å²) in [4.78, 5) is 26.2. The first-order valence-electron chi connectivity index (χ1n) is 7.34. The van der Waals surface area contributed by atoms with Crippen molar-refractivity contribution in [2.45, 2.75) is 19.4 Å². The monoisotopic (exact) mass is 376 g/mol. The molecule has 0 bridgehead atoms. The van der Waals surface area contributed by atoms with Gasteiger partial charge in [0, 0.05) is 19.3 Å². The molecule has 1 unspecified atom stereocenters. The first-order valence-corrected chi connectivity index (χ1v) is 8.13. The summed E-state index contributed by atoms with van der Waals surface area (Å²) >= 11 is 3.27. The molecule has 1 fully saturated rings. The van der Waals surface area contributed by atoms with Crippen molar-refractivity contribution < 1.29 is 4.79 Å². The molecule has 1 aliphatic rings. The van der Waals surface area contributed by atoms with Gasteiger partial charge in [-0.15, -0.1) is 0 Å². The minimum Gasteiger partial charge on any atom is -0.371 e. The summed E-state index contributed by atoms with van der Waals surface area (Å²) in [6.45, 7) is 2.66. The van der Waals surface area contributed by atoms with E-state index in [1.165, 1.54) is 4.68 Å². The summed E-state index contributed by atoms with van der Waals surface area (Å²) in [6.07, 6.45) is 2.22. The van der Waals surface area contributed by atoms with Crippen molar-refractivity contribution in [1.29, 1.82) is 0 Å². The largest absolute Gasteiger partial charge is 0.371 e. The Morgan fingerprint density at radius 3 is 2.65 bits per heavy atom. The Morgan fingerprint density at radius 2 is 1.96 bits per heavy atom. The molecule has 1 atom stereocenters. The average molecular weight is 377 g/mol. The van der Waals surface area contributed by atoms with Gasteiger partial charge in [-0.05, 0) is 41.4 Å². The van der Waals surface area contributed by atoms with Gasteiger partial charge in [0.1, 0.15) is 10.5 Å². The van der Waals surface area contributed by atoms with Gasteiger partial charge in [-0.25, -0.2) is 4.68 Å². The van der Waals surface area contributed by atoms with Gasteiger partial charge >= 0.3 is 0 Å². The number of benzene rings is 1. The van der Waals surface area contributed by atoms with E-state index in [0.717, 1.165) is 11.3 Å². The average Bonchev–Trinajstić information content (AvgIpc) is 2.90. The summed E-state index contributed by atoms with van der Waals surface area (Å²) in [5, 5.41) is 7.10. The minimum atomic E-state index is -0.360. The predicted molar refractivity (Wildman–Crippen MR) is 92.7 cm³/mol. The lowest BCUT2D eigenvalue weighted by Gasteiger charge is -2.18. The number of nitrogens with one attached hydrogen (secondary N) is 1. The van der Waals surface area contributed by atoms with E-state index < -0.39 is 0 Å². The molecular weight excluding hydrogens is 360 g/mol. The molecule has 0 radical (unpaired) electrons. The van der Waals surface area contributed by atoms with Gasteiger partial charge in [0.05, 0.1) is 11.9 Å². The lowest BCUT2D eigenvalue weighted by Crippen LogP contribution is -2.34. The van der Waals surface area contributed by atoms with Crippen LogP contribution in [-0.4, -0.2) is 28.3 Å². The van der Waals surface area contributed by atoms with E-state index in [0.29, 0.717) is 23.1 Å². The second-order valence-electron chi connectivity index (χ2n) is 5.61. The third kappa shape index (κ3) is 3.01. The SMILES string of the molecule is Cc1ccc(N2CCC(Nc3cnn(C)c(=O)c3Br)C2=O)cc1. The van der Waals surface area contributed by atoms with Crippen LogP contribution in [0.15, 0.2) is 39.7 Å². The molecule has 2 heterocycles. The van der Waals surface area contributed by atoms with E-state index in [9.17, 15) is 9.59 Å². The lowest BCUT2D eigenvalue weighted by molar-refractivity contribution is -0.117. The molecule has 1 amide bonds. The predicted octanol–water partition coefficient (Wildman–Crippen LogP) is 2.07. The highest BCUT2D eigenvalue weighted by Gasteiger charge is 2.33. The number of anilines is 2. The number of amides is 1. The topological polar surface area (TPSA) is 67.2 Å². The molecule has 23 heavy (non-hydrogen) atoms. The van der Waals surface area contributed by atoms with Crippen LogP contribution in [0.4, 0.5) is 11.4 Å². The van der Waals surface area contributed by atoms with E-state index in [1.807, 2.05) is 31.2 Å². The van der Waals surface area contributed by atoms with Crippen LogP contribution >= 0.6 is 15.9 Å². The minimum absolute atomic E-state index is 0.00132. The first-order chi connectivity index (χ1) is 11.0. The van der Waals surface area contributed by atoms with Gasteiger partial charge in [0.25, 0.3) is 5.56 Å². The van der Waals surface area contributed by atoms with Crippen LogP contribution in [-0.2, 0) is 11.8 Å². The third-order valence-electron chi connectivity index (χ3n) is 3.96. The van der Waals surface area contributed by atoms with Crippen LogP contribution in [0.25, 0.3) is 0 Å². The molecule has 2 aromatic rings. The highest BCUT2D eigenvalue weighted by molar-refractivity contribution is 9.10. The summed E-state index contributed by atoms with van der Waals surface area (Å²) in [5.74, 6) is 0.00132. The van der Waals surface area contributed by atoms with Crippen molar-refractivity contribution in [1.82, 2.24) is 9.78 Å². The second kappa shape index (κ2) is 6.16. The second-order valence-corrected chi connectivity index (χ2v) is 6.41. The zero-order valence-electron chi connectivity index (χ0n) is 12.9.